The average molecular weight is 266 g/mol. The molecule has 0 spiro atoms. The SMILES string of the molecule is Cc1nc(N)sc1C(=O)N1C[C@@H](N)[C@H](C2CC2)C1. The second kappa shape index (κ2) is 4.20. The van der Waals surface area contributed by atoms with Crippen molar-refractivity contribution in [3.8, 4) is 0 Å². The molecule has 1 aliphatic heterocycles. The molecule has 4 N–H and O–H groups in total. The van der Waals surface area contributed by atoms with Gasteiger partial charge in [-0.15, -0.1) is 0 Å². The second-order valence-electron chi connectivity index (χ2n) is 5.34. The van der Waals surface area contributed by atoms with E-state index < -0.39 is 0 Å². The Morgan fingerprint density at radius 2 is 2.17 bits per heavy atom. The zero-order valence-corrected chi connectivity index (χ0v) is 11.2. The third kappa shape index (κ3) is 1.99. The highest BCUT2D eigenvalue weighted by Crippen LogP contribution is 2.41. The van der Waals surface area contributed by atoms with Crippen molar-refractivity contribution in [2.45, 2.75) is 25.8 Å². The lowest BCUT2D eigenvalue weighted by Crippen LogP contribution is -2.32. The van der Waals surface area contributed by atoms with Crippen LogP contribution in [0.25, 0.3) is 0 Å². The fourth-order valence-electron chi connectivity index (χ4n) is 2.80. The first-order chi connectivity index (χ1) is 8.56. The molecule has 1 saturated carbocycles. The van der Waals surface area contributed by atoms with Gasteiger partial charge < -0.3 is 16.4 Å². The van der Waals surface area contributed by atoms with Gasteiger partial charge in [-0.25, -0.2) is 4.98 Å². The molecule has 1 saturated heterocycles. The van der Waals surface area contributed by atoms with Gasteiger partial charge in [0.15, 0.2) is 5.13 Å². The lowest BCUT2D eigenvalue weighted by molar-refractivity contribution is 0.0788. The smallest absolute Gasteiger partial charge is 0.265 e. The maximum Gasteiger partial charge on any atom is 0.265 e. The van der Waals surface area contributed by atoms with E-state index in [0.29, 0.717) is 22.5 Å². The molecule has 98 valence electrons. The Balaban J connectivity index is 1.75. The summed E-state index contributed by atoms with van der Waals surface area (Å²) in [5.74, 6) is 1.27. The lowest BCUT2D eigenvalue weighted by atomic mass is 9.99. The number of hydrogen-bond donors (Lipinski definition) is 2. The van der Waals surface area contributed by atoms with Crippen LogP contribution in [0.15, 0.2) is 0 Å². The molecule has 2 fully saturated rings. The highest BCUT2D eigenvalue weighted by molar-refractivity contribution is 7.17. The molecule has 1 aliphatic carbocycles. The molecule has 3 rings (SSSR count). The maximum atomic E-state index is 12.4. The van der Waals surface area contributed by atoms with Gasteiger partial charge >= 0.3 is 0 Å². The predicted molar refractivity (Wildman–Crippen MR) is 71.4 cm³/mol. The van der Waals surface area contributed by atoms with Crippen molar-refractivity contribution in [1.29, 1.82) is 0 Å². The molecule has 0 bridgehead atoms. The Bertz CT molecular complexity index is 482. The molecule has 1 amide bonds. The van der Waals surface area contributed by atoms with Gasteiger partial charge in [-0.2, -0.15) is 0 Å². The summed E-state index contributed by atoms with van der Waals surface area (Å²) in [6.07, 6.45) is 2.54. The van der Waals surface area contributed by atoms with Crippen LogP contribution in [-0.2, 0) is 0 Å². The summed E-state index contributed by atoms with van der Waals surface area (Å²) < 4.78 is 0. The van der Waals surface area contributed by atoms with Crippen molar-refractivity contribution in [2.24, 2.45) is 17.6 Å². The lowest BCUT2D eigenvalue weighted by Gasteiger charge is -2.15. The zero-order chi connectivity index (χ0) is 12.9. The molecular weight excluding hydrogens is 248 g/mol. The number of nitrogens with zero attached hydrogens (tertiary/aromatic N) is 2. The second-order valence-corrected chi connectivity index (χ2v) is 6.37. The minimum absolute atomic E-state index is 0.0419. The summed E-state index contributed by atoms with van der Waals surface area (Å²) in [5, 5.41) is 0.457. The molecule has 1 aromatic heterocycles. The molecule has 5 nitrogen and oxygen atoms in total. The maximum absolute atomic E-state index is 12.4. The third-order valence-corrected chi connectivity index (χ3v) is 4.91. The summed E-state index contributed by atoms with van der Waals surface area (Å²) in [5.41, 5.74) is 12.5. The Kier molecular flexibility index (Phi) is 2.79. The van der Waals surface area contributed by atoms with E-state index in [0.717, 1.165) is 18.2 Å². The number of carbonyl (C=O) groups is 1. The molecule has 2 atom stereocenters. The van der Waals surface area contributed by atoms with E-state index in [2.05, 4.69) is 4.98 Å². The fourth-order valence-corrected chi connectivity index (χ4v) is 3.60. The Hall–Kier alpha value is -1.14. The molecule has 1 aromatic rings. The summed E-state index contributed by atoms with van der Waals surface area (Å²) in [7, 11) is 0. The van der Waals surface area contributed by atoms with Crippen LogP contribution in [0.5, 0.6) is 0 Å². The average Bonchev–Trinajstić information content (AvgIpc) is 3.00. The van der Waals surface area contributed by atoms with Gasteiger partial charge in [-0.05, 0) is 31.6 Å². The standard InChI is InChI=1S/C12H18N4OS/c1-6-10(18-12(14)15-6)11(17)16-4-8(7-2-3-7)9(13)5-16/h7-9H,2-5,13H2,1H3,(H2,14,15)/t8-,9+/m0/s1. The van der Waals surface area contributed by atoms with Crippen LogP contribution in [0.2, 0.25) is 0 Å². The molecule has 0 aromatic carbocycles. The first-order valence-corrected chi connectivity index (χ1v) is 7.15. The number of aryl methyl sites for hydroxylation is 1. The van der Waals surface area contributed by atoms with E-state index in [-0.39, 0.29) is 11.9 Å². The summed E-state index contributed by atoms with van der Waals surface area (Å²) in [6, 6.07) is 0.132. The highest BCUT2D eigenvalue weighted by atomic mass is 32.1. The number of hydrogen-bond acceptors (Lipinski definition) is 5. The van der Waals surface area contributed by atoms with Crippen LogP contribution in [0, 0.1) is 18.8 Å². The van der Waals surface area contributed by atoms with E-state index in [9.17, 15) is 4.79 Å². The zero-order valence-electron chi connectivity index (χ0n) is 10.4. The Morgan fingerprint density at radius 1 is 1.44 bits per heavy atom. The number of amides is 1. The summed E-state index contributed by atoms with van der Waals surface area (Å²) in [4.78, 5) is 19.0. The first kappa shape index (κ1) is 11.9. The molecule has 2 heterocycles. The van der Waals surface area contributed by atoms with Crippen LogP contribution in [0.4, 0.5) is 5.13 Å². The number of nitrogens with two attached hydrogens (primary N) is 2. The normalized spacial score (nSPS) is 27.8. The number of rotatable bonds is 2. The molecule has 18 heavy (non-hydrogen) atoms. The van der Waals surface area contributed by atoms with E-state index in [1.165, 1.54) is 24.2 Å². The van der Waals surface area contributed by atoms with Crippen molar-refractivity contribution < 1.29 is 4.79 Å². The predicted octanol–water partition coefficient (Wildman–Crippen LogP) is 0.843. The monoisotopic (exact) mass is 266 g/mol. The first-order valence-electron chi connectivity index (χ1n) is 6.34. The molecule has 0 radical (unpaired) electrons. The van der Waals surface area contributed by atoms with Gasteiger partial charge in [0.2, 0.25) is 0 Å². The summed E-state index contributed by atoms with van der Waals surface area (Å²) >= 11 is 1.27. The number of anilines is 1. The number of nitrogen functional groups attached to an aromatic ring is 1. The van der Waals surface area contributed by atoms with Crippen molar-refractivity contribution in [3.05, 3.63) is 10.6 Å². The van der Waals surface area contributed by atoms with E-state index in [1.807, 2.05) is 11.8 Å². The quantitative estimate of drug-likeness (QED) is 0.830. The minimum Gasteiger partial charge on any atom is -0.375 e. The third-order valence-electron chi connectivity index (χ3n) is 3.93. The van der Waals surface area contributed by atoms with Crippen molar-refractivity contribution >= 4 is 22.4 Å². The van der Waals surface area contributed by atoms with Crippen molar-refractivity contribution in [3.63, 3.8) is 0 Å². The fraction of sp³-hybridized carbons (Fsp3) is 0.667. The van der Waals surface area contributed by atoms with Crippen LogP contribution in [-0.4, -0.2) is 34.9 Å². The number of aromatic nitrogens is 1. The van der Waals surface area contributed by atoms with Crippen LogP contribution < -0.4 is 11.5 Å². The molecule has 6 heteroatoms. The van der Waals surface area contributed by atoms with Gasteiger partial charge in [0.05, 0.1) is 5.69 Å². The van der Waals surface area contributed by atoms with E-state index in [1.54, 1.807) is 0 Å². The van der Waals surface area contributed by atoms with Crippen LogP contribution in [0.3, 0.4) is 0 Å². The molecule has 2 aliphatic rings. The number of likely N-dealkylation sites (tertiary alicyclic amines) is 1. The Labute approximate surface area is 110 Å². The molecular formula is C12H18N4OS. The van der Waals surface area contributed by atoms with E-state index >= 15 is 0 Å². The van der Waals surface area contributed by atoms with Gasteiger partial charge in [-0.3, -0.25) is 4.79 Å². The number of thiazole rings is 1. The molecule has 0 unspecified atom stereocenters. The van der Waals surface area contributed by atoms with Gasteiger partial charge in [0, 0.05) is 19.1 Å². The highest BCUT2D eigenvalue weighted by Gasteiger charge is 2.42. The van der Waals surface area contributed by atoms with Gasteiger partial charge in [-0.1, -0.05) is 11.3 Å². The van der Waals surface area contributed by atoms with Crippen molar-refractivity contribution in [1.82, 2.24) is 9.88 Å². The van der Waals surface area contributed by atoms with Crippen molar-refractivity contribution in [2.75, 3.05) is 18.8 Å². The van der Waals surface area contributed by atoms with Crippen LogP contribution >= 0.6 is 11.3 Å². The largest absolute Gasteiger partial charge is 0.375 e. The van der Waals surface area contributed by atoms with Gasteiger partial charge in [0.1, 0.15) is 4.88 Å². The minimum atomic E-state index is 0.0419. The number of carbonyl (C=O) groups excluding carboxylic acids is 1. The van der Waals surface area contributed by atoms with E-state index in [4.69, 9.17) is 11.5 Å². The Morgan fingerprint density at radius 3 is 2.72 bits per heavy atom. The van der Waals surface area contributed by atoms with Gasteiger partial charge in [0.25, 0.3) is 5.91 Å². The topological polar surface area (TPSA) is 85.2 Å². The summed E-state index contributed by atoms with van der Waals surface area (Å²) in [6.45, 7) is 3.29. The van der Waals surface area contributed by atoms with Crippen LogP contribution in [0.1, 0.15) is 28.2 Å².